The Morgan fingerprint density at radius 3 is 2.07 bits per heavy atom. The molecule has 158 valence electrons. The average Bonchev–Trinajstić information content (AvgIpc) is 2.73. The summed E-state index contributed by atoms with van der Waals surface area (Å²) < 4.78 is 0. The van der Waals surface area contributed by atoms with Gasteiger partial charge in [-0.05, 0) is 38.2 Å². The number of hydrogen-bond acceptors (Lipinski definition) is 6. The molecule has 0 aliphatic rings. The summed E-state index contributed by atoms with van der Waals surface area (Å²) in [6.07, 6.45) is 13.6. The number of nitrogens with zero attached hydrogens (tertiary/aromatic N) is 3. The highest BCUT2D eigenvalue weighted by molar-refractivity contribution is 5.33. The molecule has 0 N–H and O–H groups in total. The largest absolute Gasteiger partial charge is 0.235 e. The van der Waals surface area contributed by atoms with E-state index in [1.54, 1.807) is 6.08 Å². The highest BCUT2D eigenvalue weighted by Gasteiger charge is 1.91. The van der Waals surface area contributed by atoms with Crippen LogP contribution in [0.1, 0.15) is 57.9 Å². The maximum absolute atomic E-state index is 9.72. The molecule has 0 aromatic heterocycles. The van der Waals surface area contributed by atoms with Crippen LogP contribution in [0.4, 0.5) is 0 Å². The van der Waals surface area contributed by atoms with E-state index < -0.39 is 0 Å². The Balaban J connectivity index is 0. The van der Waals surface area contributed by atoms with Gasteiger partial charge < -0.3 is 0 Å². The highest BCUT2D eigenvalue weighted by Crippen LogP contribution is 2.01. The first kappa shape index (κ1) is 28.3. The lowest BCUT2D eigenvalue weighted by Crippen LogP contribution is -1.92. The van der Waals surface area contributed by atoms with E-state index in [-0.39, 0.29) is 6.04 Å². The predicted molar refractivity (Wildman–Crippen MR) is 117 cm³/mol. The molecule has 0 bridgehead atoms. The normalized spacial score (nSPS) is 9.59. The van der Waals surface area contributed by atoms with Crippen molar-refractivity contribution in [2.45, 2.75) is 64.8 Å². The lowest BCUT2D eigenvalue weighted by Gasteiger charge is -1.96. The van der Waals surface area contributed by atoms with Crippen LogP contribution in [0.15, 0.2) is 58.0 Å². The zero-order valence-electron chi connectivity index (χ0n) is 17.7. The van der Waals surface area contributed by atoms with Crippen molar-refractivity contribution in [1.82, 2.24) is 0 Å². The summed E-state index contributed by atoms with van der Waals surface area (Å²) in [6.45, 7) is 8.73. The lowest BCUT2D eigenvalue weighted by molar-refractivity contribution is 0.558. The predicted octanol–water partition coefficient (Wildman–Crippen LogP) is 5.14. The molecule has 1 rings (SSSR count). The van der Waals surface area contributed by atoms with Gasteiger partial charge in [-0.1, -0.05) is 62.6 Å². The van der Waals surface area contributed by atoms with E-state index in [4.69, 9.17) is 0 Å². The van der Waals surface area contributed by atoms with Crippen LogP contribution < -0.4 is 0 Å². The van der Waals surface area contributed by atoms with Crippen molar-refractivity contribution in [2.24, 2.45) is 15.0 Å². The topological polar surface area (TPSA) is 88.3 Å². The van der Waals surface area contributed by atoms with Gasteiger partial charge >= 0.3 is 0 Å². The molecule has 1 atom stereocenters. The van der Waals surface area contributed by atoms with Crippen LogP contribution in [-0.2, 0) is 20.8 Å². The monoisotopic (exact) mass is 399 g/mol. The number of carbonyl (C=O) groups excluding carboxylic acids is 3. The number of isocyanates is 3. The molecule has 0 fully saturated rings. The molecule has 0 radical (unpaired) electrons. The SMILES string of the molecule is C=CCC(C)N=C=O.CCCCCCN=C=O.O=C=NCCCc1ccccc1. The molecule has 6 heteroatoms. The van der Waals surface area contributed by atoms with Crippen molar-refractivity contribution >= 4 is 18.2 Å². The van der Waals surface area contributed by atoms with Crippen molar-refractivity contribution in [3.63, 3.8) is 0 Å². The van der Waals surface area contributed by atoms with E-state index >= 15 is 0 Å². The number of benzene rings is 1. The number of aliphatic imine (C=N–C) groups is 3. The summed E-state index contributed by atoms with van der Waals surface area (Å²) in [7, 11) is 0. The molecule has 1 aromatic carbocycles. The molecule has 0 spiro atoms. The van der Waals surface area contributed by atoms with E-state index in [9.17, 15) is 14.4 Å². The Morgan fingerprint density at radius 2 is 1.55 bits per heavy atom. The maximum Gasteiger partial charge on any atom is 0.235 e. The van der Waals surface area contributed by atoms with Crippen molar-refractivity contribution in [2.75, 3.05) is 13.1 Å². The van der Waals surface area contributed by atoms with Gasteiger partial charge in [0.05, 0.1) is 19.1 Å². The third kappa shape index (κ3) is 25.1. The molecular formula is C23H33N3O3. The van der Waals surface area contributed by atoms with E-state index in [0.29, 0.717) is 13.1 Å². The Labute approximate surface area is 174 Å². The summed E-state index contributed by atoms with van der Waals surface area (Å²) in [5, 5.41) is 0. The molecule has 0 aliphatic heterocycles. The fraction of sp³-hybridized carbons (Fsp3) is 0.522. The minimum absolute atomic E-state index is 0.0463. The molecule has 6 nitrogen and oxygen atoms in total. The summed E-state index contributed by atoms with van der Waals surface area (Å²) in [4.78, 5) is 39.2. The number of unbranched alkanes of at least 4 members (excludes halogenated alkanes) is 3. The number of hydrogen-bond donors (Lipinski definition) is 0. The second-order valence-electron chi connectivity index (χ2n) is 6.19. The molecule has 0 saturated carbocycles. The van der Waals surface area contributed by atoms with Gasteiger partial charge in [-0.3, -0.25) is 0 Å². The first-order chi connectivity index (χ1) is 14.2. The summed E-state index contributed by atoms with van der Waals surface area (Å²) in [5.41, 5.74) is 1.29. The molecule has 0 aliphatic carbocycles. The van der Waals surface area contributed by atoms with Crippen LogP contribution in [0.5, 0.6) is 0 Å². The van der Waals surface area contributed by atoms with Gasteiger partial charge in [-0.2, -0.15) is 0 Å². The van der Waals surface area contributed by atoms with Crippen LogP contribution >= 0.6 is 0 Å². The second-order valence-corrected chi connectivity index (χ2v) is 6.19. The summed E-state index contributed by atoms with van der Waals surface area (Å²) in [5.74, 6) is 0. The van der Waals surface area contributed by atoms with Gasteiger partial charge in [-0.15, -0.1) is 6.58 Å². The van der Waals surface area contributed by atoms with Crippen LogP contribution in [0, 0.1) is 0 Å². The first-order valence-electron chi connectivity index (χ1n) is 9.95. The Morgan fingerprint density at radius 1 is 0.931 bits per heavy atom. The minimum atomic E-state index is 0.0463. The fourth-order valence-electron chi connectivity index (χ4n) is 2.10. The van der Waals surface area contributed by atoms with Crippen LogP contribution in [0.2, 0.25) is 0 Å². The zero-order valence-corrected chi connectivity index (χ0v) is 17.7. The Bertz CT molecular complexity index is 643. The molecular weight excluding hydrogens is 366 g/mol. The number of rotatable bonds is 12. The van der Waals surface area contributed by atoms with E-state index in [0.717, 1.165) is 25.7 Å². The fourth-order valence-corrected chi connectivity index (χ4v) is 2.10. The second kappa shape index (κ2) is 25.1. The van der Waals surface area contributed by atoms with Gasteiger partial charge in [-0.25, -0.2) is 29.4 Å². The minimum Gasteiger partial charge on any atom is -0.211 e. The smallest absolute Gasteiger partial charge is 0.211 e. The van der Waals surface area contributed by atoms with Crippen LogP contribution in [0.25, 0.3) is 0 Å². The molecule has 0 amide bonds. The van der Waals surface area contributed by atoms with E-state index in [2.05, 4.69) is 40.6 Å². The standard InChI is InChI=1S/C10H11NO.C7H13NO.C6H9NO/c12-9-11-8-4-7-10-5-2-1-3-6-10;1-2-3-4-5-6-8-7-9;1-3-4-6(2)7-5-8/h1-3,5-6H,4,7-8H2;2-6H2,1H3;3,6H,1,4H2,2H3. The first-order valence-corrected chi connectivity index (χ1v) is 9.95. The van der Waals surface area contributed by atoms with Crippen molar-refractivity contribution < 1.29 is 14.4 Å². The van der Waals surface area contributed by atoms with Crippen molar-refractivity contribution in [3.8, 4) is 0 Å². The lowest BCUT2D eigenvalue weighted by atomic mass is 10.1. The summed E-state index contributed by atoms with van der Waals surface area (Å²) >= 11 is 0. The maximum atomic E-state index is 9.72. The van der Waals surface area contributed by atoms with Crippen molar-refractivity contribution in [3.05, 3.63) is 48.6 Å². The van der Waals surface area contributed by atoms with Gasteiger partial charge in [0.25, 0.3) is 0 Å². The van der Waals surface area contributed by atoms with Gasteiger partial charge in [0.2, 0.25) is 18.2 Å². The van der Waals surface area contributed by atoms with Gasteiger partial charge in [0.15, 0.2) is 0 Å². The molecule has 1 aromatic rings. The van der Waals surface area contributed by atoms with Gasteiger partial charge in [0, 0.05) is 0 Å². The zero-order chi connectivity index (χ0) is 22.0. The number of aryl methyl sites for hydroxylation is 1. The average molecular weight is 400 g/mol. The van der Waals surface area contributed by atoms with Crippen LogP contribution in [-0.4, -0.2) is 37.4 Å². The molecule has 0 heterocycles. The van der Waals surface area contributed by atoms with Crippen LogP contribution in [0.3, 0.4) is 0 Å². The van der Waals surface area contributed by atoms with E-state index in [1.807, 2.05) is 25.1 Å². The Kier molecular flexibility index (Phi) is 24.5. The molecule has 29 heavy (non-hydrogen) atoms. The molecule has 1 unspecified atom stereocenters. The quantitative estimate of drug-likeness (QED) is 0.211. The third-order valence-electron chi connectivity index (χ3n) is 3.61. The summed E-state index contributed by atoms with van der Waals surface area (Å²) in [6, 6.07) is 10.2. The third-order valence-corrected chi connectivity index (χ3v) is 3.61. The highest BCUT2D eigenvalue weighted by atomic mass is 16.1. The Hall–Kier alpha value is -2.90. The van der Waals surface area contributed by atoms with Crippen molar-refractivity contribution in [1.29, 1.82) is 0 Å². The van der Waals surface area contributed by atoms with E-state index in [1.165, 1.54) is 43.1 Å². The van der Waals surface area contributed by atoms with Gasteiger partial charge in [0.1, 0.15) is 0 Å². The molecule has 0 saturated heterocycles.